The number of hydrogen-bond acceptors (Lipinski definition) is 4. The molecule has 33 heavy (non-hydrogen) atoms. The van der Waals surface area contributed by atoms with Gasteiger partial charge in [0.25, 0.3) is 11.8 Å². The molecule has 1 unspecified atom stereocenters. The van der Waals surface area contributed by atoms with Crippen LogP contribution in [0.15, 0.2) is 42.5 Å². The van der Waals surface area contributed by atoms with E-state index in [1.165, 1.54) is 23.5 Å². The summed E-state index contributed by atoms with van der Waals surface area (Å²) in [5.74, 6) is -2.89. The number of carbonyl (C=O) groups excluding carboxylic acids is 2. The number of rotatable bonds is 5. The molecular weight excluding hydrogens is 451 g/mol. The molecule has 9 heteroatoms. The van der Waals surface area contributed by atoms with Crippen molar-refractivity contribution in [3.63, 3.8) is 0 Å². The summed E-state index contributed by atoms with van der Waals surface area (Å²) in [7, 11) is 0. The van der Waals surface area contributed by atoms with Gasteiger partial charge in [-0.3, -0.25) is 9.59 Å². The predicted octanol–water partition coefficient (Wildman–Crippen LogP) is 4.96. The first-order valence-corrected chi connectivity index (χ1v) is 11.4. The van der Waals surface area contributed by atoms with E-state index in [-0.39, 0.29) is 29.9 Å². The summed E-state index contributed by atoms with van der Waals surface area (Å²) in [4.78, 5) is 32.7. The monoisotopic (exact) mass is 473 g/mol. The van der Waals surface area contributed by atoms with Crippen molar-refractivity contribution in [2.24, 2.45) is 0 Å². The number of piperidine rings is 1. The smallest absolute Gasteiger partial charge is 0.274 e. The molecule has 0 aliphatic carbocycles. The minimum Gasteiger partial charge on any atom is -0.350 e. The van der Waals surface area contributed by atoms with Crippen LogP contribution in [0.5, 0.6) is 0 Å². The third kappa shape index (κ3) is 5.24. The van der Waals surface area contributed by atoms with Crippen LogP contribution >= 0.6 is 11.3 Å². The summed E-state index contributed by atoms with van der Waals surface area (Å²) in [6.45, 7) is 2.46. The van der Waals surface area contributed by atoms with E-state index >= 15 is 0 Å². The standard InChI is InChI=1S/C24H22F3N3O2S/c1-14-29-21(22(33-14)15-5-7-17(25)8-6-15)24(32)30-9-3-2-4-20(30)13-28-23(31)16-10-18(26)12-19(27)11-16/h5-8,10-12,20H,2-4,9,13H2,1H3,(H,28,31). The first-order valence-electron chi connectivity index (χ1n) is 10.6. The first-order chi connectivity index (χ1) is 15.8. The van der Waals surface area contributed by atoms with E-state index in [4.69, 9.17) is 0 Å². The number of benzene rings is 2. The fourth-order valence-electron chi connectivity index (χ4n) is 3.98. The second-order valence-electron chi connectivity index (χ2n) is 7.93. The highest BCUT2D eigenvalue weighted by molar-refractivity contribution is 7.15. The van der Waals surface area contributed by atoms with Gasteiger partial charge in [-0.25, -0.2) is 18.2 Å². The van der Waals surface area contributed by atoms with E-state index in [9.17, 15) is 22.8 Å². The number of carbonyl (C=O) groups is 2. The van der Waals surface area contributed by atoms with Crippen LogP contribution in [0, 0.1) is 24.4 Å². The number of nitrogens with zero attached hydrogens (tertiary/aromatic N) is 2. The lowest BCUT2D eigenvalue weighted by atomic mass is 10.0. The molecule has 2 aromatic carbocycles. The zero-order valence-electron chi connectivity index (χ0n) is 17.9. The Kier molecular flexibility index (Phi) is 6.78. The van der Waals surface area contributed by atoms with E-state index < -0.39 is 17.5 Å². The number of halogens is 3. The fraction of sp³-hybridized carbons (Fsp3) is 0.292. The first kappa shape index (κ1) is 23.0. The van der Waals surface area contributed by atoms with Gasteiger partial charge in [0.05, 0.1) is 9.88 Å². The van der Waals surface area contributed by atoms with Crippen LogP contribution in [0.1, 0.15) is 45.1 Å². The van der Waals surface area contributed by atoms with Gasteiger partial charge < -0.3 is 10.2 Å². The average molecular weight is 474 g/mol. The zero-order valence-corrected chi connectivity index (χ0v) is 18.7. The number of thiazole rings is 1. The quantitative estimate of drug-likeness (QED) is 0.570. The van der Waals surface area contributed by atoms with Crippen LogP contribution in [0.4, 0.5) is 13.2 Å². The van der Waals surface area contributed by atoms with Gasteiger partial charge in [-0.15, -0.1) is 11.3 Å². The van der Waals surface area contributed by atoms with Gasteiger partial charge in [0.15, 0.2) is 0 Å². The molecule has 172 valence electrons. The Morgan fingerprint density at radius 2 is 1.76 bits per heavy atom. The van der Waals surface area contributed by atoms with Crippen LogP contribution in [0.25, 0.3) is 10.4 Å². The molecule has 0 spiro atoms. The van der Waals surface area contributed by atoms with Gasteiger partial charge in [-0.1, -0.05) is 12.1 Å². The Labute approximate surface area is 193 Å². The van der Waals surface area contributed by atoms with E-state index in [0.29, 0.717) is 40.2 Å². The molecule has 2 heterocycles. The lowest BCUT2D eigenvalue weighted by Gasteiger charge is -2.35. The van der Waals surface area contributed by atoms with Crippen molar-refractivity contribution in [2.45, 2.75) is 32.2 Å². The third-order valence-electron chi connectivity index (χ3n) is 5.55. The van der Waals surface area contributed by atoms with Gasteiger partial charge in [-0.05, 0) is 56.0 Å². The Morgan fingerprint density at radius 1 is 1.06 bits per heavy atom. The lowest BCUT2D eigenvalue weighted by molar-refractivity contribution is 0.0598. The highest BCUT2D eigenvalue weighted by Crippen LogP contribution is 2.32. The maximum absolute atomic E-state index is 13.5. The maximum Gasteiger partial charge on any atom is 0.274 e. The minimum atomic E-state index is -0.832. The van der Waals surface area contributed by atoms with Crippen molar-refractivity contribution >= 4 is 23.2 Å². The SMILES string of the molecule is Cc1nc(C(=O)N2CCCCC2CNC(=O)c2cc(F)cc(F)c2)c(-c2ccc(F)cc2)s1. The number of nitrogens with one attached hydrogen (secondary N) is 1. The highest BCUT2D eigenvalue weighted by Gasteiger charge is 2.31. The summed E-state index contributed by atoms with van der Waals surface area (Å²) in [6.07, 6.45) is 2.39. The molecule has 4 rings (SSSR count). The van der Waals surface area contributed by atoms with E-state index in [1.807, 2.05) is 0 Å². The zero-order chi connectivity index (χ0) is 23.5. The number of amides is 2. The predicted molar refractivity (Wildman–Crippen MR) is 120 cm³/mol. The Balaban J connectivity index is 1.52. The average Bonchev–Trinajstić information content (AvgIpc) is 3.18. The molecule has 3 aromatic rings. The molecule has 1 aromatic heterocycles. The summed E-state index contributed by atoms with van der Waals surface area (Å²) in [5, 5.41) is 3.41. The summed E-state index contributed by atoms with van der Waals surface area (Å²) >= 11 is 1.36. The minimum absolute atomic E-state index is 0.116. The van der Waals surface area contributed by atoms with Crippen LogP contribution in [0.3, 0.4) is 0 Å². The molecule has 2 amide bonds. The van der Waals surface area contributed by atoms with Gasteiger partial charge in [0.1, 0.15) is 23.1 Å². The molecule has 0 saturated carbocycles. The highest BCUT2D eigenvalue weighted by atomic mass is 32.1. The third-order valence-corrected chi connectivity index (χ3v) is 6.57. The van der Waals surface area contributed by atoms with Gasteiger partial charge in [-0.2, -0.15) is 0 Å². The van der Waals surface area contributed by atoms with Crippen molar-refractivity contribution in [2.75, 3.05) is 13.1 Å². The lowest BCUT2D eigenvalue weighted by Crippen LogP contribution is -2.49. The molecule has 0 bridgehead atoms. The Morgan fingerprint density at radius 3 is 2.45 bits per heavy atom. The molecule has 5 nitrogen and oxygen atoms in total. The topological polar surface area (TPSA) is 62.3 Å². The molecule has 1 aliphatic rings. The summed E-state index contributed by atoms with van der Waals surface area (Å²) < 4.78 is 40.2. The van der Waals surface area contributed by atoms with Gasteiger partial charge >= 0.3 is 0 Å². The molecule has 1 atom stereocenters. The molecule has 1 N–H and O–H groups in total. The number of aromatic nitrogens is 1. The molecule has 1 saturated heterocycles. The molecule has 1 aliphatic heterocycles. The van der Waals surface area contributed by atoms with E-state index in [0.717, 1.165) is 25.0 Å². The largest absolute Gasteiger partial charge is 0.350 e. The number of hydrogen-bond donors (Lipinski definition) is 1. The summed E-state index contributed by atoms with van der Waals surface area (Å²) in [6, 6.07) is 8.27. The second-order valence-corrected chi connectivity index (χ2v) is 9.14. The van der Waals surface area contributed by atoms with Gasteiger partial charge in [0.2, 0.25) is 0 Å². The van der Waals surface area contributed by atoms with E-state index in [2.05, 4.69) is 10.3 Å². The molecular formula is C24H22F3N3O2S. The van der Waals surface area contributed by atoms with Gasteiger partial charge in [0, 0.05) is 30.8 Å². The van der Waals surface area contributed by atoms with Crippen LogP contribution in [0.2, 0.25) is 0 Å². The van der Waals surface area contributed by atoms with Crippen LogP contribution in [-0.4, -0.2) is 40.8 Å². The van der Waals surface area contributed by atoms with Crippen molar-refractivity contribution in [1.29, 1.82) is 0 Å². The van der Waals surface area contributed by atoms with Crippen molar-refractivity contribution in [3.8, 4) is 10.4 Å². The fourth-order valence-corrected chi connectivity index (χ4v) is 4.90. The second kappa shape index (κ2) is 9.74. The maximum atomic E-state index is 13.5. The van der Waals surface area contributed by atoms with E-state index in [1.54, 1.807) is 24.0 Å². The van der Waals surface area contributed by atoms with Crippen molar-refractivity contribution < 1.29 is 22.8 Å². The Hall–Kier alpha value is -3.20. The molecule has 0 radical (unpaired) electrons. The van der Waals surface area contributed by atoms with Crippen LogP contribution in [-0.2, 0) is 0 Å². The number of likely N-dealkylation sites (tertiary alicyclic amines) is 1. The van der Waals surface area contributed by atoms with Crippen LogP contribution < -0.4 is 5.32 Å². The normalized spacial score (nSPS) is 16.0. The number of aryl methyl sites for hydroxylation is 1. The summed E-state index contributed by atoms with van der Waals surface area (Å²) in [5.41, 5.74) is 0.893. The molecule has 1 fully saturated rings. The van der Waals surface area contributed by atoms with Crippen molar-refractivity contribution in [1.82, 2.24) is 15.2 Å². The Bertz CT molecular complexity index is 1160. The van der Waals surface area contributed by atoms with Crippen molar-refractivity contribution in [3.05, 3.63) is 76.2 Å².